The van der Waals surface area contributed by atoms with Gasteiger partial charge in [0.25, 0.3) is 0 Å². The van der Waals surface area contributed by atoms with Crippen LogP contribution in [-0.2, 0) is 4.79 Å². The van der Waals surface area contributed by atoms with Gasteiger partial charge >= 0.3 is 0 Å². The van der Waals surface area contributed by atoms with Gasteiger partial charge in [0, 0.05) is 11.2 Å². The van der Waals surface area contributed by atoms with E-state index in [2.05, 4.69) is 53.3 Å². The average molecular weight is 403 g/mol. The lowest BCUT2D eigenvalue weighted by Crippen LogP contribution is -2.34. The molecular weight excluding hydrogens is 360 g/mol. The molecule has 0 amide bonds. The van der Waals surface area contributed by atoms with E-state index in [1.54, 1.807) is 0 Å². The van der Waals surface area contributed by atoms with Crippen LogP contribution < -0.4 is 0 Å². The number of carbonyl (C=O) groups is 1. The molecule has 0 saturated heterocycles. The Hall–Kier alpha value is -0.760. The summed E-state index contributed by atoms with van der Waals surface area (Å²) >= 11 is 2.02. The minimum absolute atomic E-state index is 0.0119. The summed E-state index contributed by atoms with van der Waals surface area (Å²) in [5.41, 5.74) is 3.19. The summed E-state index contributed by atoms with van der Waals surface area (Å²) in [5, 5.41) is 0. The predicted molar refractivity (Wildman–Crippen MR) is 126 cm³/mol. The Morgan fingerprint density at radius 3 is 2.64 bits per heavy atom. The fourth-order valence-corrected chi connectivity index (χ4v) is 6.75. The molecule has 0 bridgehead atoms. The van der Waals surface area contributed by atoms with Crippen molar-refractivity contribution >= 4 is 18.0 Å². The second kappa shape index (κ2) is 10.3. The lowest BCUT2D eigenvalue weighted by atomic mass is 9.61. The molecule has 0 N–H and O–H groups in total. The van der Waals surface area contributed by atoms with Crippen molar-refractivity contribution in [3.05, 3.63) is 36.0 Å². The van der Waals surface area contributed by atoms with Crippen molar-refractivity contribution in [3.63, 3.8) is 0 Å². The number of carbonyl (C=O) groups excluding carboxylic acids is 1. The van der Waals surface area contributed by atoms with Crippen LogP contribution in [0.2, 0.25) is 0 Å². The molecule has 2 aliphatic rings. The van der Waals surface area contributed by atoms with E-state index < -0.39 is 0 Å². The lowest BCUT2D eigenvalue weighted by Gasteiger charge is -2.43. The number of hydrogen-bond donors (Lipinski definition) is 0. The quantitative estimate of drug-likeness (QED) is 0.258. The van der Waals surface area contributed by atoms with Crippen LogP contribution in [0.15, 0.2) is 36.0 Å². The van der Waals surface area contributed by atoms with E-state index in [1.807, 2.05) is 17.8 Å². The van der Waals surface area contributed by atoms with Gasteiger partial charge in [-0.15, -0.1) is 0 Å². The van der Waals surface area contributed by atoms with Gasteiger partial charge in [0.2, 0.25) is 0 Å². The molecular formula is C26H42OS. The average Bonchev–Trinajstić information content (AvgIpc) is 2.99. The maximum Gasteiger partial charge on any atom is 0.142 e. The van der Waals surface area contributed by atoms with Gasteiger partial charge in [0.1, 0.15) is 6.29 Å². The number of rotatable bonds is 6. The van der Waals surface area contributed by atoms with Gasteiger partial charge in [0.15, 0.2) is 0 Å². The first-order valence-electron chi connectivity index (χ1n) is 11.4. The molecule has 0 aromatic rings. The van der Waals surface area contributed by atoms with Crippen molar-refractivity contribution in [3.8, 4) is 0 Å². The molecule has 0 radical (unpaired) electrons. The topological polar surface area (TPSA) is 17.1 Å². The Kier molecular flexibility index (Phi) is 8.67. The molecule has 0 aromatic carbocycles. The fourth-order valence-electron chi connectivity index (χ4n) is 6.08. The zero-order chi connectivity index (χ0) is 20.8. The van der Waals surface area contributed by atoms with E-state index in [1.165, 1.54) is 55.4 Å². The third-order valence-corrected chi connectivity index (χ3v) is 9.11. The molecule has 2 fully saturated rings. The Bertz CT molecular complexity index is 604. The van der Waals surface area contributed by atoms with Crippen molar-refractivity contribution in [1.29, 1.82) is 0 Å². The fraction of sp³-hybridized carbons (Fsp3) is 0.731. The van der Waals surface area contributed by atoms with Gasteiger partial charge in [-0.3, -0.25) is 4.79 Å². The summed E-state index contributed by atoms with van der Waals surface area (Å²) in [7, 11) is 0. The largest absolute Gasteiger partial charge is 0.299 e. The molecule has 2 rings (SSSR count). The highest BCUT2D eigenvalue weighted by molar-refractivity contribution is 7.99. The highest BCUT2D eigenvalue weighted by Crippen LogP contribution is 2.57. The van der Waals surface area contributed by atoms with Crippen molar-refractivity contribution in [2.75, 3.05) is 11.5 Å². The molecule has 2 aliphatic carbocycles. The summed E-state index contributed by atoms with van der Waals surface area (Å²) < 4.78 is 0. The Labute approximate surface area is 178 Å². The molecule has 1 nitrogen and oxygen atoms in total. The number of aldehydes is 1. The summed E-state index contributed by atoms with van der Waals surface area (Å²) in [6.07, 6.45) is 16.1. The molecule has 2 saturated carbocycles. The normalized spacial score (nSPS) is 38.5. The molecule has 0 aromatic heterocycles. The maximum absolute atomic E-state index is 11.3. The number of hydrogen-bond acceptors (Lipinski definition) is 2. The molecule has 0 spiro atoms. The lowest BCUT2D eigenvalue weighted by molar-refractivity contribution is -0.104. The number of fused-ring (bicyclic) bond motifs is 1. The second-order valence-electron chi connectivity index (χ2n) is 9.57. The number of thioether (sulfide) groups is 1. The molecule has 5 unspecified atom stereocenters. The monoisotopic (exact) mass is 402 g/mol. The first kappa shape index (κ1) is 23.5. The van der Waals surface area contributed by atoms with Gasteiger partial charge in [-0.25, -0.2) is 0 Å². The van der Waals surface area contributed by atoms with Crippen molar-refractivity contribution in [2.24, 2.45) is 28.6 Å². The Morgan fingerprint density at radius 2 is 2.00 bits per heavy atom. The molecule has 5 atom stereocenters. The van der Waals surface area contributed by atoms with Crippen LogP contribution in [0, 0.1) is 28.6 Å². The minimum Gasteiger partial charge on any atom is -0.299 e. The SMILES string of the molecule is C=C(CSCC)C1CCC2CCC/C(=C/C=O)C(C)(/C=C\C)C(C)CCC21C. The van der Waals surface area contributed by atoms with E-state index in [4.69, 9.17) is 0 Å². The molecule has 28 heavy (non-hydrogen) atoms. The zero-order valence-electron chi connectivity index (χ0n) is 18.9. The Morgan fingerprint density at radius 1 is 1.25 bits per heavy atom. The van der Waals surface area contributed by atoms with Crippen LogP contribution in [0.4, 0.5) is 0 Å². The van der Waals surface area contributed by atoms with E-state index in [-0.39, 0.29) is 5.41 Å². The van der Waals surface area contributed by atoms with Gasteiger partial charge < -0.3 is 0 Å². The highest BCUT2D eigenvalue weighted by Gasteiger charge is 2.47. The Balaban J connectivity index is 2.30. The highest BCUT2D eigenvalue weighted by atomic mass is 32.2. The third kappa shape index (κ3) is 4.86. The van der Waals surface area contributed by atoms with Gasteiger partial charge in [-0.2, -0.15) is 11.8 Å². The molecule has 0 heterocycles. The van der Waals surface area contributed by atoms with Crippen LogP contribution in [0.5, 0.6) is 0 Å². The summed E-state index contributed by atoms with van der Waals surface area (Å²) in [4.78, 5) is 11.3. The zero-order valence-corrected chi connectivity index (χ0v) is 19.7. The molecule has 158 valence electrons. The molecule has 2 heteroatoms. The minimum atomic E-state index is -0.0119. The summed E-state index contributed by atoms with van der Waals surface area (Å²) in [5.74, 6) is 4.32. The predicted octanol–water partition coefficient (Wildman–Crippen LogP) is 7.64. The smallest absolute Gasteiger partial charge is 0.142 e. The second-order valence-corrected chi connectivity index (χ2v) is 10.8. The molecule has 0 aliphatic heterocycles. The standard InChI is InChI=1S/C26H42OS/c1-7-16-25(5)21(4)14-17-26(6)22(10-9-11-23(25)15-18-27)12-13-24(26)20(3)19-28-8-2/h7,15-16,18,21-22,24H,3,8-14,17,19H2,1-2,4-6H3/b16-7-,23-15-. The van der Waals surface area contributed by atoms with E-state index in [9.17, 15) is 4.79 Å². The third-order valence-electron chi connectivity index (χ3n) is 8.13. The van der Waals surface area contributed by atoms with Gasteiger partial charge in [-0.1, -0.05) is 57.6 Å². The van der Waals surface area contributed by atoms with Crippen LogP contribution >= 0.6 is 11.8 Å². The van der Waals surface area contributed by atoms with E-state index in [0.29, 0.717) is 17.3 Å². The maximum atomic E-state index is 11.3. The van der Waals surface area contributed by atoms with Crippen molar-refractivity contribution in [2.45, 2.75) is 79.6 Å². The first-order chi connectivity index (χ1) is 13.3. The van der Waals surface area contributed by atoms with Crippen LogP contribution in [0.1, 0.15) is 79.6 Å². The van der Waals surface area contributed by atoms with E-state index >= 15 is 0 Å². The van der Waals surface area contributed by atoms with Crippen molar-refractivity contribution < 1.29 is 4.79 Å². The van der Waals surface area contributed by atoms with Crippen LogP contribution in [0.3, 0.4) is 0 Å². The van der Waals surface area contributed by atoms with Crippen molar-refractivity contribution in [1.82, 2.24) is 0 Å². The summed E-state index contributed by atoms with van der Waals surface area (Å²) in [6.45, 7) is 16.2. The summed E-state index contributed by atoms with van der Waals surface area (Å²) in [6, 6.07) is 0. The van der Waals surface area contributed by atoms with Crippen LogP contribution in [0.25, 0.3) is 0 Å². The first-order valence-corrected chi connectivity index (χ1v) is 12.5. The van der Waals surface area contributed by atoms with Gasteiger partial charge in [-0.05, 0) is 86.9 Å². The van der Waals surface area contributed by atoms with Crippen LogP contribution in [-0.4, -0.2) is 17.8 Å². The van der Waals surface area contributed by atoms with Gasteiger partial charge in [0.05, 0.1) is 0 Å². The van der Waals surface area contributed by atoms with E-state index in [0.717, 1.165) is 24.4 Å². The number of allylic oxidation sites excluding steroid dienone is 4.